The number of ether oxygens (including phenoxy) is 1. The second-order valence-electron chi connectivity index (χ2n) is 4.42. The van der Waals surface area contributed by atoms with Crippen LogP contribution >= 0.6 is 0 Å². The van der Waals surface area contributed by atoms with E-state index < -0.39 is 5.97 Å². The molecule has 0 spiro atoms. The molecule has 0 aliphatic heterocycles. The fourth-order valence-electron chi connectivity index (χ4n) is 1.97. The largest absolute Gasteiger partial charge is 0.495 e. The molecule has 0 saturated carbocycles. The molecule has 0 atom stereocenters. The van der Waals surface area contributed by atoms with Crippen molar-refractivity contribution in [3.05, 3.63) is 47.8 Å². The Kier molecular flexibility index (Phi) is 4.30. The molecule has 2 rings (SSSR count). The van der Waals surface area contributed by atoms with Gasteiger partial charge in [-0.25, -0.2) is 4.79 Å². The van der Waals surface area contributed by atoms with Crippen LogP contribution in [-0.2, 0) is 13.1 Å². The summed E-state index contributed by atoms with van der Waals surface area (Å²) in [6.45, 7) is 3.63. The van der Waals surface area contributed by atoms with E-state index in [1.54, 1.807) is 19.2 Å². The van der Waals surface area contributed by atoms with Gasteiger partial charge in [-0.05, 0) is 36.8 Å². The van der Waals surface area contributed by atoms with Crippen molar-refractivity contribution >= 4 is 11.7 Å². The van der Waals surface area contributed by atoms with E-state index in [2.05, 4.69) is 23.0 Å². The summed E-state index contributed by atoms with van der Waals surface area (Å²) in [6, 6.07) is 6.80. The van der Waals surface area contributed by atoms with Crippen LogP contribution in [0.1, 0.15) is 22.8 Å². The van der Waals surface area contributed by atoms with Crippen LogP contribution in [0.5, 0.6) is 5.75 Å². The molecular formula is C15H18N2O3. The number of nitrogens with one attached hydrogen (secondary N) is 1. The molecule has 0 amide bonds. The number of benzene rings is 1. The zero-order valence-electron chi connectivity index (χ0n) is 11.6. The van der Waals surface area contributed by atoms with Gasteiger partial charge in [-0.1, -0.05) is 0 Å². The predicted molar refractivity (Wildman–Crippen MR) is 77.4 cm³/mol. The maximum absolute atomic E-state index is 11.0. The van der Waals surface area contributed by atoms with Gasteiger partial charge in [0.25, 0.3) is 0 Å². The lowest BCUT2D eigenvalue weighted by Gasteiger charge is -2.11. The van der Waals surface area contributed by atoms with Crippen molar-refractivity contribution in [1.82, 2.24) is 4.57 Å². The van der Waals surface area contributed by atoms with Crippen molar-refractivity contribution in [2.75, 3.05) is 12.4 Å². The lowest BCUT2D eigenvalue weighted by Crippen LogP contribution is -2.03. The van der Waals surface area contributed by atoms with Gasteiger partial charge in [0.15, 0.2) is 0 Å². The van der Waals surface area contributed by atoms with Gasteiger partial charge in [0, 0.05) is 25.5 Å². The van der Waals surface area contributed by atoms with Crippen LogP contribution in [0, 0.1) is 0 Å². The van der Waals surface area contributed by atoms with Gasteiger partial charge in [0.2, 0.25) is 0 Å². The minimum absolute atomic E-state index is 0.236. The van der Waals surface area contributed by atoms with Crippen LogP contribution in [0.3, 0.4) is 0 Å². The van der Waals surface area contributed by atoms with Gasteiger partial charge in [0.05, 0.1) is 18.4 Å². The lowest BCUT2D eigenvalue weighted by molar-refractivity contribution is 0.0697. The number of methoxy groups -OCH3 is 1. The Morgan fingerprint density at radius 2 is 2.20 bits per heavy atom. The normalized spacial score (nSPS) is 10.3. The summed E-state index contributed by atoms with van der Waals surface area (Å²) in [5.74, 6) is -0.322. The summed E-state index contributed by atoms with van der Waals surface area (Å²) < 4.78 is 7.32. The molecule has 5 nitrogen and oxygen atoms in total. The van der Waals surface area contributed by atoms with Crippen LogP contribution in [0.15, 0.2) is 36.7 Å². The Morgan fingerprint density at radius 3 is 2.80 bits per heavy atom. The van der Waals surface area contributed by atoms with Crippen molar-refractivity contribution in [2.24, 2.45) is 0 Å². The molecule has 1 heterocycles. The summed E-state index contributed by atoms with van der Waals surface area (Å²) in [5.41, 5.74) is 2.05. The first kappa shape index (κ1) is 14.0. The van der Waals surface area contributed by atoms with Crippen molar-refractivity contribution < 1.29 is 14.6 Å². The summed E-state index contributed by atoms with van der Waals surface area (Å²) in [4.78, 5) is 11.0. The van der Waals surface area contributed by atoms with E-state index in [4.69, 9.17) is 9.84 Å². The summed E-state index contributed by atoms with van der Waals surface area (Å²) in [7, 11) is 1.56. The third kappa shape index (κ3) is 3.12. The number of nitrogens with zero attached hydrogens (tertiary/aromatic N) is 1. The van der Waals surface area contributed by atoms with Crippen molar-refractivity contribution in [1.29, 1.82) is 0 Å². The molecule has 106 valence electrons. The van der Waals surface area contributed by atoms with E-state index >= 15 is 0 Å². The molecule has 1 aromatic carbocycles. The number of carboxylic acid groups (broad SMARTS) is 1. The van der Waals surface area contributed by atoms with Crippen LogP contribution in [0.25, 0.3) is 0 Å². The zero-order chi connectivity index (χ0) is 14.5. The van der Waals surface area contributed by atoms with E-state index in [-0.39, 0.29) is 5.56 Å². The fourth-order valence-corrected chi connectivity index (χ4v) is 1.97. The van der Waals surface area contributed by atoms with Crippen LogP contribution in [0.4, 0.5) is 5.69 Å². The average molecular weight is 274 g/mol. The van der Waals surface area contributed by atoms with Gasteiger partial charge in [-0.2, -0.15) is 0 Å². The molecular weight excluding hydrogens is 256 g/mol. The summed E-state index contributed by atoms with van der Waals surface area (Å²) >= 11 is 0. The highest BCUT2D eigenvalue weighted by Crippen LogP contribution is 2.26. The molecule has 0 aliphatic carbocycles. The Bertz CT molecular complexity index is 605. The van der Waals surface area contributed by atoms with Crippen LogP contribution in [0.2, 0.25) is 0 Å². The van der Waals surface area contributed by atoms with E-state index in [0.717, 1.165) is 12.1 Å². The summed E-state index contributed by atoms with van der Waals surface area (Å²) in [5, 5.41) is 12.2. The second kappa shape index (κ2) is 6.14. The molecule has 0 fully saturated rings. The van der Waals surface area contributed by atoms with Crippen molar-refractivity contribution in [3.63, 3.8) is 0 Å². The molecule has 5 heteroatoms. The molecule has 0 aliphatic rings. The third-order valence-corrected chi connectivity index (χ3v) is 3.11. The van der Waals surface area contributed by atoms with Gasteiger partial charge in [0.1, 0.15) is 5.75 Å². The first-order valence-corrected chi connectivity index (χ1v) is 6.44. The van der Waals surface area contributed by atoms with E-state index in [1.165, 1.54) is 6.07 Å². The average Bonchev–Trinajstić information content (AvgIpc) is 2.92. The third-order valence-electron chi connectivity index (χ3n) is 3.11. The zero-order valence-corrected chi connectivity index (χ0v) is 11.6. The monoisotopic (exact) mass is 274 g/mol. The number of aromatic carboxylic acids is 1. The molecule has 1 aromatic heterocycles. The smallest absolute Gasteiger partial charge is 0.335 e. The Hall–Kier alpha value is -2.43. The predicted octanol–water partition coefficient (Wildman–Crippen LogP) is 2.83. The van der Waals surface area contributed by atoms with Gasteiger partial charge < -0.3 is 19.7 Å². The first-order chi connectivity index (χ1) is 9.63. The van der Waals surface area contributed by atoms with E-state index in [1.807, 2.05) is 12.3 Å². The van der Waals surface area contributed by atoms with Crippen LogP contribution < -0.4 is 10.1 Å². The molecule has 0 unspecified atom stereocenters. The van der Waals surface area contributed by atoms with Crippen molar-refractivity contribution in [3.8, 4) is 5.75 Å². The van der Waals surface area contributed by atoms with Gasteiger partial charge in [-0.15, -0.1) is 0 Å². The van der Waals surface area contributed by atoms with Crippen molar-refractivity contribution in [2.45, 2.75) is 20.0 Å². The Balaban J connectivity index is 2.14. The Morgan fingerprint density at radius 1 is 1.40 bits per heavy atom. The quantitative estimate of drug-likeness (QED) is 0.850. The number of hydrogen-bond donors (Lipinski definition) is 2. The van der Waals surface area contributed by atoms with E-state index in [0.29, 0.717) is 18.0 Å². The maximum Gasteiger partial charge on any atom is 0.335 e. The topological polar surface area (TPSA) is 63.5 Å². The number of aromatic nitrogens is 1. The molecule has 0 bridgehead atoms. The molecule has 0 saturated heterocycles. The number of hydrogen-bond acceptors (Lipinski definition) is 3. The Labute approximate surface area is 117 Å². The highest BCUT2D eigenvalue weighted by molar-refractivity contribution is 5.89. The molecule has 20 heavy (non-hydrogen) atoms. The summed E-state index contributed by atoms with van der Waals surface area (Å²) in [6.07, 6.45) is 4.07. The molecule has 2 N–H and O–H groups in total. The number of anilines is 1. The highest BCUT2D eigenvalue weighted by Gasteiger charge is 2.09. The molecule has 2 aromatic rings. The second-order valence-corrected chi connectivity index (χ2v) is 4.42. The maximum atomic E-state index is 11.0. The van der Waals surface area contributed by atoms with Gasteiger partial charge >= 0.3 is 5.97 Å². The number of aryl methyl sites for hydroxylation is 1. The number of rotatable bonds is 6. The van der Waals surface area contributed by atoms with Crippen LogP contribution in [-0.4, -0.2) is 22.8 Å². The standard InChI is InChI=1S/C15H18N2O3/c1-3-17-7-6-11(10-17)9-16-13-8-12(15(18)19)4-5-14(13)20-2/h4-8,10,16H,3,9H2,1-2H3,(H,18,19). The fraction of sp³-hybridized carbons (Fsp3) is 0.267. The minimum atomic E-state index is -0.951. The lowest BCUT2D eigenvalue weighted by atomic mass is 10.2. The minimum Gasteiger partial charge on any atom is -0.495 e. The first-order valence-electron chi connectivity index (χ1n) is 6.44. The molecule has 0 radical (unpaired) electrons. The number of carboxylic acids is 1. The SMILES string of the molecule is CCn1ccc(CNc2cc(C(=O)O)ccc2OC)c1. The van der Waals surface area contributed by atoms with E-state index in [9.17, 15) is 4.79 Å². The highest BCUT2D eigenvalue weighted by atomic mass is 16.5. The number of carbonyl (C=O) groups is 1. The van der Waals surface area contributed by atoms with Gasteiger partial charge in [-0.3, -0.25) is 0 Å².